The number of fused-ring (bicyclic) bond motifs is 4. The van der Waals surface area contributed by atoms with Crippen molar-refractivity contribution in [3.63, 3.8) is 0 Å². The Morgan fingerprint density at radius 1 is 0.958 bits per heavy atom. The molecule has 3 fully saturated rings. The number of aliphatic hydroxyl groups excluding tert-OH is 1. The molecule has 6 atom stereocenters. The molecule has 11 nitrogen and oxygen atoms in total. The highest BCUT2D eigenvalue weighted by molar-refractivity contribution is 6.36. The molecular weight excluding hydrogens is 661 g/mol. The van der Waals surface area contributed by atoms with Gasteiger partial charge in [0.1, 0.15) is 18.1 Å². The Labute approximate surface area is 285 Å². The molecule has 0 spiro atoms. The van der Waals surface area contributed by atoms with Crippen LogP contribution in [0.5, 0.6) is 11.5 Å². The first kappa shape index (κ1) is 32.1. The van der Waals surface area contributed by atoms with Gasteiger partial charge in [0.25, 0.3) is 23.6 Å². The number of ether oxygens (including phenoxy) is 2. The first-order valence-corrected chi connectivity index (χ1v) is 16.2. The molecule has 0 radical (unpaired) electrons. The van der Waals surface area contributed by atoms with Crippen LogP contribution in [0.4, 0.5) is 5.69 Å². The van der Waals surface area contributed by atoms with Crippen molar-refractivity contribution >= 4 is 52.5 Å². The smallest absolute Gasteiger partial charge is 0.260 e. The van der Waals surface area contributed by atoms with Crippen LogP contribution in [0.2, 0.25) is 10.0 Å². The second-order valence-electron chi connectivity index (χ2n) is 12.3. The minimum Gasteiger partial charge on any atom is -0.497 e. The summed E-state index contributed by atoms with van der Waals surface area (Å²) < 4.78 is 11.4. The minimum absolute atomic E-state index is 0.0298. The number of hydrazine groups is 1. The summed E-state index contributed by atoms with van der Waals surface area (Å²) in [6.07, 6.45) is 2.07. The Bertz CT molecular complexity index is 1870. The zero-order chi connectivity index (χ0) is 33.9. The maximum absolute atomic E-state index is 15.3. The van der Waals surface area contributed by atoms with E-state index < -0.39 is 58.6 Å². The topological polar surface area (TPSA) is 146 Å². The van der Waals surface area contributed by atoms with Crippen molar-refractivity contribution in [3.05, 3.63) is 99.6 Å². The number of carbonyl (C=O) groups is 4. The van der Waals surface area contributed by atoms with Crippen molar-refractivity contribution < 1.29 is 39.0 Å². The molecule has 4 amide bonds. The Morgan fingerprint density at radius 3 is 2.42 bits per heavy atom. The van der Waals surface area contributed by atoms with Crippen LogP contribution in [-0.4, -0.2) is 64.3 Å². The third-order valence-electron chi connectivity index (χ3n) is 10.1. The van der Waals surface area contributed by atoms with Gasteiger partial charge in [0.15, 0.2) is 0 Å². The van der Waals surface area contributed by atoms with Crippen LogP contribution in [-0.2, 0) is 24.6 Å². The SMILES string of the molecule is COc1ccc([C@@]23C(=O)N(Nc4ccc(Cl)cc4Cl)C(=O)[C@@H]2C[C@@H]2C(=CC[C@@H]4C(=O)N(O)C(=O)[C@@H]42)[C@@H]3c2ccccc2OCCO)cc1. The number of carbonyl (C=O) groups excluding carboxylic acids is 4. The molecule has 0 unspecified atom stereocenters. The van der Waals surface area contributed by atoms with E-state index in [1.807, 2.05) is 6.08 Å². The number of benzene rings is 3. The number of hydroxylamine groups is 2. The number of nitrogens with one attached hydrogen (secondary N) is 1. The zero-order valence-corrected chi connectivity index (χ0v) is 27.1. The van der Waals surface area contributed by atoms with Gasteiger partial charge in [0.05, 0.1) is 47.6 Å². The number of allylic oxidation sites excluding steroid dienone is 2. The summed E-state index contributed by atoms with van der Waals surface area (Å²) in [6, 6.07) is 18.7. The van der Waals surface area contributed by atoms with Crippen LogP contribution < -0.4 is 14.9 Å². The number of anilines is 1. The molecular formula is C35H31Cl2N3O8. The number of methoxy groups -OCH3 is 1. The van der Waals surface area contributed by atoms with E-state index in [4.69, 9.17) is 32.7 Å². The summed E-state index contributed by atoms with van der Waals surface area (Å²) in [5, 5.41) is 21.8. The second kappa shape index (κ2) is 12.2. The van der Waals surface area contributed by atoms with Gasteiger partial charge in [-0.2, -0.15) is 10.1 Å². The lowest BCUT2D eigenvalue weighted by Crippen LogP contribution is -2.53. The van der Waals surface area contributed by atoms with Crippen molar-refractivity contribution in [2.45, 2.75) is 24.2 Å². The lowest BCUT2D eigenvalue weighted by atomic mass is 9.49. The van der Waals surface area contributed by atoms with Gasteiger partial charge >= 0.3 is 0 Å². The monoisotopic (exact) mass is 691 g/mol. The van der Waals surface area contributed by atoms with Gasteiger partial charge in [-0.05, 0) is 60.7 Å². The van der Waals surface area contributed by atoms with Crippen LogP contribution in [0.3, 0.4) is 0 Å². The van der Waals surface area contributed by atoms with Gasteiger partial charge < -0.3 is 14.6 Å². The van der Waals surface area contributed by atoms with Crippen molar-refractivity contribution in [2.75, 3.05) is 25.7 Å². The van der Waals surface area contributed by atoms with Gasteiger partial charge in [-0.3, -0.25) is 29.8 Å². The molecule has 2 aliphatic carbocycles. The van der Waals surface area contributed by atoms with Gasteiger partial charge in [-0.15, -0.1) is 0 Å². The molecule has 3 aromatic rings. The highest BCUT2D eigenvalue weighted by Crippen LogP contribution is 2.65. The standard InChI is InChI=1S/C35H31Cl2N3O8/c1-47-20-9-6-18(7-10-20)35-25(32(43)39(34(35)45)38-27-13-8-19(36)16-26(27)37)17-24-21(11-12-23-29(24)33(44)40(46)31(23)42)30(35)22-4-2-3-5-28(22)48-15-14-41/h2-11,13,16,23-25,29-30,38,41,46H,12,14-15,17H2,1H3/t23-,24+,25-,29-,30+,35+/m0/s1. The second-order valence-corrected chi connectivity index (χ2v) is 13.2. The molecule has 2 aliphatic heterocycles. The van der Waals surface area contributed by atoms with E-state index in [-0.39, 0.29) is 41.8 Å². The molecule has 0 aromatic heterocycles. The number of rotatable bonds is 8. The Morgan fingerprint density at radius 2 is 1.71 bits per heavy atom. The van der Waals surface area contributed by atoms with Crippen LogP contribution >= 0.6 is 23.2 Å². The average Bonchev–Trinajstić information content (AvgIpc) is 3.45. The van der Waals surface area contributed by atoms with Gasteiger partial charge in [0, 0.05) is 16.5 Å². The Balaban J connectivity index is 1.48. The van der Waals surface area contributed by atoms with Crippen LogP contribution in [0, 0.1) is 23.7 Å². The van der Waals surface area contributed by atoms with Crippen LogP contribution in [0.1, 0.15) is 29.9 Å². The summed E-state index contributed by atoms with van der Waals surface area (Å²) in [7, 11) is 1.53. The molecule has 3 aromatic carbocycles. The molecule has 248 valence electrons. The lowest BCUT2D eigenvalue weighted by Gasteiger charge is -2.50. The quantitative estimate of drug-likeness (QED) is 0.173. The Hall–Kier alpha value is -4.42. The molecule has 4 aliphatic rings. The van der Waals surface area contributed by atoms with Gasteiger partial charge in [-0.1, -0.05) is 65.2 Å². The maximum Gasteiger partial charge on any atom is 0.260 e. The third-order valence-corrected chi connectivity index (χ3v) is 10.7. The lowest BCUT2D eigenvalue weighted by molar-refractivity contribution is -0.173. The number of aliphatic hydroxyl groups is 1. The largest absolute Gasteiger partial charge is 0.497 e. The van der Waals surface area contributed by atoms with Crippen molar-refractivity contribution in [3.8, 4) is 11.5 Å². The van der Waals surface area contributed by atoms with Crippen molar-refractivity contribution in [1.29, 1.82) is 0 Å². The number of para-hydroxylation sites is 1. The molecule has 0 bridgehead atoms. The predicted molar refractivity (Wildman–Crippen MR) is 173 cm³/mol. The molecule has 2 saturated heterocycles. The van der Waals surface area contributed by atoms with E-state index in [2.05, 4.69) is 5.43 Å². The normalized spacial score (nSPS) is 27.8. The van der Waals surface area contributed by atoms with E-state index in [0.29, 0.717) is 33.2 Å². The number of nitrogens with zero attached hydrogens (tertiary/aromatic N) is 2. The number of hydrogen-bond donors (Lipinski definition) is 3. The predicted octanol–water partition coefficient (Wildman–Crippen LogP) is 4.75. The minimum atomic E-state index is -1.58. The van der Waals surface area contributed by atoms with E-state index in [1.165, 1.54) is 13.2 Å². The molecule has 2 heterocycles. The summed E-state index contributed by atoms with van der Waals surface area (Å²) >= 11 is 12.6. The van der Waals surface area contributed by atoms with Crippen molar-refractivity contribution in [1.82, 2.24) is 10.1 Å². The number of imide groups is 2. The van der Waals surface area contributed by atoms with E-state index in [9.17, 15) is 24.7 Å². The number of hydrogen-bond acceptors (Lipinski definition) is 9. The third kappa shape index (κ3) is 4.71. The first-order valence-electron chi connectivity index (χ1n) is 15.5. The highest BCUT2D eigenvalue weighted by atomic mass is 35.5. The summed E-state index contributed by atoms with van der Waals surface area (Å²) in [5.41, 5.74) is 3.42. The molecule has 7 rings (SSSR count). The average molecular weight is 693 g/mol. The van der Waals surface area contributed by atoms with Gasteiger partial charge in [0.2, 0.25) is 0 Å². The fraction of sp³-hybridized carbons (Fsp3) is 0.314. The molecule has 48 heavy (non-hydrogen) atoms. The number of halogens is 2. The molecule has 13 heteroatoms. The van der Waals surface area contributed by atoms with E-state index in [1.54, 1.807) is 60.7 Å². The highest BCUT2D eigenvalue weighted by Gasteiger charge is 2.70. The first-order chi connectivity index (χ1) is 23.1. The zero-order valence-electron chi connectivity index (χ0n) is 25.6. The van der Waals surface area contributed by atoms with Crippen LogP contribution in [0.15, 0.2) is 78.4 Å². The summed E-state index contributed by atoms with van der Waals surface area (Å²) in [6.45, 7) is -0.293. The molecule has 1 saturated carbocycles. The van der Waals surface area contributed by atoms with Gasteiger partial charge in [-0.25, -0.2) is 0 Å². The Kier molecular flexibility index (Phi) is 8.19. The fourth-order valence-corrected chi connectivity index (χ4v) is 8.63. The van der Waals surface area contributed by atoms with Crippen molar-refractivity contribution in [2.24, 2.45) is 23.7 Å². The summed E-state index contributed by atoms with van der Waals surface area (Å²) in [4.78, 5) is 56.4. The number of amides is 4. The summed E-state index contributed by atoms with van der Waals surface area (Å²) in [5.74, 6) is -5.92. The van der Waals surface area contributed by atoms with E-state index in [0.717, 1.165) is 5.01 Å². The van der Waals surface area contributed by atoms with Crippen LogP contribution in [0.25, 0.3) is 0 Å². The van der Waals surface area contributed by atoms with E-state index >= 15 is 4.79 Å². The maximum atomic E-state index is 15.3. The molecule has 3 N–H and O–H groups in total. The fourth-order valence-electron chi connectivity index (χ4n) is 8.18.